The van der Waals surface area contributed by atoms with Crippen molar-refractivity contribution in [2.75, 3.05) is 18.4 Å². The first-order valence-corrected chi connectivity index (χ1v) is 8.55. The summed E-state index contributed by atoms with van der Waals surface area (Å²) in [5.41, 5.74) is 6.77. The van der Waals surface area contributed by atoms with Crippen LogP contribution < -0.4 is 11.1 Å². The molecular weight excluding hydrogens is 344 g/mol. The van der Waals surface area contributed by atoms with Gasteiger partial charge >= 0.3 is 0 Å². The van der Waals surface area contributed by atoms with Crippen molar-refractivity contribution in [3.63, 3.8) is 0 Å². The number of piperidine rings is 1. The lowest BCUT2D eigenvalue weighted by Crippen LogP contribution is -2.42. The molecule has 138 valence electrons. The molecule has 0 spiro atoms. The van der Waals surface area contributed by atoms with Crippen molar-refractivity contribution in [1.29, 1.82) is 0 Å². The molecule has 0 aromatic heterocycles. The second-order valence-corrected chi connectivity index (χ2v) is 6.90. The molecule has 8 heteroatoms. The van der Waals surface area contributed by atoms with Crippen molar-refractivity contribution in [3.05, 3.63) is 33.9 Å². The number of anilines is 1. The van der Waals surface area contributed by atoms with Crippen LogP contribution in [0.2, 0.25) is 0 Å². The fourth-order valence-corrected chi connectivity index (χ4v) is 3.20. The fourth-order valence-electron chi connectivity index (χ4n) is 3.20. The third kappa shape index (κ3) is 4.61. The van der Waals surface area contributed by atoms with E-state index in [1.54, 1.807) is 17.0 Å². The average Bonchev–Trinajstić information content (AvgIpc) is 3.38. The van der Waals surface area contributed by atoms with E-state index in [1.165, 1.54) is 6.07 Å². The molecule has 3 rings (SSSR count). The van der Waals surface area contributed by atoms with Crippen LogP contribution >= 0.6 is 12.4 Å². The van der Waals surface area contributed by atoms with Crippen LogP contribution in [0.25, 0.3) is 0 Å². The van der Waals surface area contributed by atoms with E-state index in [0.717, 1.165) is 25.7 Å². The molecule has 7 nitrogen and oxygen atoms in total. The minimum atomic E-state index is -0.427. The summed E-state index contributed by atoms with van der Waals surface area (Å²) < 4.78 is 0. The topological polar surface area (TPSA) is 102 Å². The van der Waals surface area contributed by atoms with Crippen LogP contribution in [-0.2, 0) is 0 Å². The number of nitrogens with two attached hydrogens (primary N) is 1. The fraction of sp³-hybridized carbons (Fsp3) is 0.588. The van der Waals surface area contributed by atoms with Crippen molar-refractivity contribution >= 4 is 29.7 Å². The summed E-state index contributed by atoms with van der Waals surface area (Å²) in [5, 5.41) is 14.5. The van der Waals surface area contributed by atoms with Crippen molar-refractivity contribution in [3.8, 4) is 0 Å². The van der Waals surface area contributed by atoms with Gasteiger partial charge in [0.25, 0.3) is 11.6 Å². The maximum absolute atomic E-state index is 12.6. The van der Waals surface area contributed by atoms with Gasteiger partial charge in [0, 0.05) is 36.8 Å². The highest BCUT2D eigenvalue weighted by molar-refractivity contribution is 5.95. The van der Waals surface area contributed by atoms with Crippen molar-refractivity contribution in [2.45, 2.75) is 44.7 Å². The van der Waals surface area contributed by atoms with Gasteiger partial charge in [0.2, 0.25) is 0 Å². The minimum Gasteiger partial charge on any atom is -0.377 e. The number of rotatable bonds is 5. The van der Waals surface area contributed by atoms with Crippen molar-refractivity contribution in [1.82, 2.24) is 4.90 Å². The van der Waals surface area contributed by atoms with Crippen LogP contribution in [0.5, 0.6) is 0 Å². The van der Waals surface area contributed by atoms with Crippen LogP contribution in [0, 0.1) is 16.0 Å². The summed E-state index contributed by atoms with van der Waals surface area (Å²) >= 11 is 0. The Morgan fingerprint density at radius 3 is 2.48 bits per heavy atom. The van der Waals surface area contributed by atoms with Crippen LogP contribution in [0.15, 0.2) is 18.2 Å². The summed E-state index contributed by atoms with van der Waals surface area (Å²) in [7, 11) is 0. The zero-order valence-corrected chi connectivity index (χ0v) is 15.1. The SMILES string of the molecule is CC(N)C1CCN(C(=O)c2ccc(NC3CC3)c([N+](=O)[O-])c2)CC1.Cl. The second-order valence-electron chi connectivity index (χ2n) is 6.90. The highest BCUT2D eigenvalue weighted by Crippen LogP contribution is 2.32. The third-order valence-corrected chi connectivity index (χ3v) is 4.95. The molecule has 0 bridgehead atoms. The van der Waals surface area contributed by atoms with E-state index < -0.39 is 4.92 Å². The molecule has 1 saturated heterocycles. The van der Waals surface area contributed by atoms with Gasteiger partial charge in [-0.3, -0.25) is 14.9 Å². The van der Waals surface area contributed by atoms with Crippen molar-refractivity contribution in [2.24, 2.45) is 11.7 Å². The Balaban J connectivity index is 0.00000225. The molecule has 1 aliphatic carbocycles. The molecule has 1 amide bonds. The molecule has 1 heterocycles. The molecule has 1 aliphatic heterocycles. The number of benzene rings is 1. The zero-order valence-electron chi connectivity index (χ0n) is 14.3. The molecule has 2 fully saturated rings. The number of halogens is 1. The van der Waals surface area contributed by atoms with E-state index in [4.69, 9.17) is 5.73 Å². The zero-order chi connectivity index (χ0) is 17.3. The Hall–Kier alpha value is -1.86. The summed E-state index contributed by atoms with van der Waals surface area (Å²) in [6.45, 7) is 3.30. The summed E-state index contributed by atoms with van der Waals surface area (Å²) in [5.74, 6) is 0.299. The first kappa shape index (κ1) is 19.5. The number of amides is 1. The highest BCUT2D eigenvalue weighted by atomic mass is 35.5. The Labute approximate surface area is 153 Å². The minimum absolute atomic E-state index is 0. The predicted octanol–water partition coefficient (Wildman–Crippen LogP) is 2.79. The molecule has 1 aromatic rings. The average molecular weight is 369 g/mol. The predicted molar refractivity (Wildman–Crippen MR) is 99.3 cm³/mol. The number of nitrogens with zero attached hydrogens (tertiary/aromatic N) is 2. The van der Waals surface area contributed by atoms with E-state index >= 15 is 0 Å². The first-order chi connectivity index (χ1) is 11.5. The molecule has 1 unspecified atom stereocenters. The normalized spacial score (nSPS) is 19.0. The number of likely N-dealkylation sites (tertiary alicyclic amines) is 1. The first-order valence-electron chi connectivity index (χ1n) is 8.55. The van der Waals surface area contributed by atoms with Gasteiger partial charge in [-0.15, -0.1) is 12.4 Å². The Morgan fingerprint density at radius 1 is 1.32 bits per heavy atom. The molecule has 25 heavy (non-hydrogen) atoms. The Bertz CT molecular complexity index is 641. The number of carbonyl (C=O) groups excluding carboxylic acids is 1. The van der Waals surface area contributed by atoms with Gasteiger partial charge in [0.05, 0.1) is 4.92 Å². The van der Waals surface area contributed by atoms with Gasteiger partial charge in [0.15, 0.2) is 0 Å². The molecule has 1 atom stereocenters. The second kappa shape index (κ2) is 8.01. The quantitative estimate of drug-likeness (QED) is 0.614. The smallest absolute Gasteiger partial charge is 0.293 e. The van der Waals surface area contributed by atoms with Crippen molar-refractivity contribution < 1.29 is 9.72 Å². The van der Waals surface area contributed by atoms with Crippen LogP contribution in [0.3, 0.4) is 0 Å². The number of carbonyl (C=O) groups is 1. The van der Waals surface area contributed by atoms with Crippen LogP contribution in [0.1, 0.15) is 43.0 Å². The third-order valence-electron chi connectivity index (χ3n) is 4.95. The molecular formula is C17H25ClN4O3. The molecule has 2 aliphatic rings. The van der Waals surface area contributed by atoms with E-state index in [2.05, 4.69) is 5.32 Å². The summed E-state index contributed by atoms with van der Waals surface area (Å²) in [6, 6.07) is 5.18. The van der Waals surface area contributed by atoms with E-state index in [0.29, 0.717) is 36.3 Å². The highest BCUT2D eigenvalue weighted by Gasteiger charge is 2.28. The number of nitro groups is 1. The number of hydrogen-bond acceptors (Lipinski definition) is 5. The standard InChI is InChI=1S/C17H24N4O3.ClH/c1-11(18)12-6-8-20(9-7-12)17(22)13-2-5-15(19-14-3-4-14)16(10-13)21(23)24;/h2,5,10-12,14,19H,3-4,6-9,18H2,1H3;1H. The lowest BCUT2D eigenvalue weighted by molar-refractivity contribution is -0.384. The number of nitro benzene ring substituents is 1. The van der Waals surface area contributed by atoms with Gasteiger partial charge in [-0.1, -0.05) is 0 Å². The summed E-state index contributed by atoms with van der Waals surface area (Å²) in [6.07, 6.45) is 3.83. The van der Waals surface area contributed by atoms with Crippen LogP contribution in [0.4, 0.5) is 11.4 Å². The van der Waals surface area contributed by atoms with E-state index in [9.17, 15) is 14.9 Å². The maximum Gasteiger partial charge on any atom is 0.293 e. The Kier molecular flexibility index (Phi) is 6.24. The van der Waals surface area contributed by atoms with Gasteiger partial charge < -0.3 is 16.0 Å². The van der Waals surface area contributed by atoms with Gasteiger partial charge in [0.1, 0.15) is 5.69 Å². The molecule has 3 N–H and O–H groups in total. The largest absolute Gasteiger partial charge is 0.377 e. The molecule has 1 aromatic carbocycles. The van der Waals surface area contributed by atoms with Gasteiger partial charge in [-0.05, 0) is 50.7 Å². The number of hydrogen-bond donors (Lipinski definition) is 2. The van der Waals surface area contributed by atoms with Gasteiger partial charge in [-0.2, -0.15) is 0 Å². The summed E-state index contributed by atoms with van der Waals surface area (Å²) in [4.78, 5) is 25.3. The van der Waals surface area contributed by atoms with Crippen LogP contribution in [-0.4, -0.2) is 40.9 Å². The van der Waals surface area contributed by atoms with E-state index in [-0.39, 0.29) is 30.0 Å². The lowest BCUT2D eigenvalue weighted by Gasteiger charge is -2.33. The lowest BCUT2D eigenvalue weighted by atomic mass is 9.90. The maximum atomic E-state index is 12.6. The monoisotopic (exact) mass is 368 g/mol. The molecule has 0 radical (unpaired) electrons. The number of nitrogens with one attached hydrogen (secondary N) is 1. The van der Waals surface area contributed by atoms with E-state index in [1.807, 2.05) is 6.92 Å². The van der Waals surface area contributed by atoms with Gasteiger partial charge in [-0.25, -0.2) is 0 Å². The Morgan fingerprint density at radius 2 is 1.96 bits per heavy atom. The molecule has 1 saturated carbocycles.